The summed E-state index contributed by atoms with van der Waals surface area (Å²) in [4.78, 5) is 11.9. The molecule has 0 bridgehead atoms. The van der Waals surface area contributed by atoms with Crippen LogP contribution in [0.15, 0.2) is 78.9 Å². The number of nitrogens with two attached hydrogens (primary N) is 1. The first-order chi connectivity index (χ1) is 19.8. The Morgan fingerprint density at radius 1 is 0.878 bits per heavy atom. The van der Waals surface area contributed by atoms with E-state index in [9.17, 15) is 4.79 Å². The van der Waals surface area contributed by atoms with Crippen LogP contribution in [0.1, 0.15) is 33.7 Å². The van der Waals surface area contributed by atoms with Crippen LogP contribution in [0.3, 0.4) is 0 Å². The maximum Gasteiger partial charge on any atom is 0.309 e. The fourth-order valence-corrected chi connectivity index (χ4v) is 5.64. The summed E-state index contributed by atoms with van der Waals surface area (Å²) >= 11 is 12.5. The lowest BCUT2D eigenvalue weighted by Crippen LogP contribution is -2.16. The molecule has 0 aliphatic rings. The predicted octanol–water partition coefficient (Wildman–Crippen LogP) is 7.74. The lowest BCUT2D eigenvalue weighted by atomic mass is 9.87. The lowest BCUT2D eigenvalue weighted by Gasteiger charge is -2.19. The van der Waals surface area contributed by atoms with Gasteiger partial charge in [0.2, 0.25) is 0 Å². The zero-order chi connectivity index (χ0) is 29.4. The van der Waals surface area contributed by atoms with Crippen molar-refractivity contribution in [2.45, 2.75) is 32.6 Å². The molecule has 214 valence electrons. The van der Waals surface area contributed by atoms with Gasteiger partial charge in [-0.3, -0.25) is 4.79 Å². The monoisotopic (exact) mass is 591 g/mol. The lowest BCUT2D eigenvalue weighted by molar-refractivity contribution is -0.139. The zero-order valence-electron chi connectivity index (χ0n) is 23.6. The number of carbonyl (C=O) groups is 1. The molecule has 0 saturated carbocycles. The number of hydrogen-bond acceptors (Lipinski definition) is 5. The Bertz CT molecular complexity index is 1460. The van der Waals surface area contributed by atoms with Crippen LogP contribution in [-0.2, 0) is 22.4 Å². The van der Waals surface area contributed by atoms with Gasteiger partial charge in [0.05, 0.1) is 23.6 Å². The van der Waals surface area contributed by atoms with Crippen molar-refractivity contribution >= 4 is 29.2 Å². The second kappa shape index (κ2) is 14.4. The van der Waals surface area contributed by atoms with Crippen molar-refractivity contribution < 1.29 is 19.0 Å². The molecule has 0 amide bonds. The van der Waals surface area contributed by atoms with Crippen molar-refractivity contribution in [3.63, 3.8) is 0 Å². The van der Waals surface area contributed by atoms with Gasteiger partial charge >= 0.3 is 5.97 Å². The molecule has 0 saturated heterocycles. The van der Waals surface area contributed by atoms with Gasteiger partial charge in [0, 0.05) is 5.92 Å². The molecule has 1 atom stereocenters. The van der Waals surface area contributed by atoms with Crippen molar-refractivity contribution in [3.8, 4) is 22.6 Å². The van der Waals surface area contributed by atoms with Crippen LogP contribution in [0.25, 0.3) is 11.1 Å². The SMILES string of the molecule is COC(=O)Cc1ccccc1-c1ccc(C(CN)Cc2ccc(OCCOc3c(Cl)cc(C)cc3Cl)cc2)c(C)c1. The van der Waals surface area contributed by atoms with E-state index in [4.69, 9.17) is 43.1 Å². The van der Waals surface area contributed by atoms with Gasteiger partial charge in [-0.15, -0.1) is 0 Å². The van der Waals surface area contributed by atoms with Crippen LogP contribution >= 0.6 is 23.2 Å². The number of rotatable bonds is 12. The van der Waals surface area contributed by atoms with Gasteiger partial charge in [-0.1, -0.05) is 77.8 Å². The summed E-state index contributed by atoms with van der Waals surface area (Å²) in [6, 6.07) is 26.1. The van der Waals surface area contributed by atoms with Gasteiger partial charge < -0.3 is 19.9 Å². The Labute approximate surface area is 252 Å². The van der Waals surface area contributed by atoms with E-state index in [-0.39, 0.29) is 18.3 Å². The molecule has 4 aromatic rings. The van der Waals surface area contributed by atoms with Gasteiger partial charge in [-0.25, -0.2) is 0 Å². The first kappa shape index (κ1) is 30.4. The molecule has 0 fully saturated rings. The number of hydrogen-bond donors (Lipinski definition) is 1. The molecule has 4 rings (SSSR count). The van der Waals surface area contributed by atoms with Crippen LogP contribution in [0.5, 0.6) is 11.5 Å². The van der Waals surface area contributed by atoms with E-state index in [1.165, 1.54) is 23.8 Å². The molecule has 41 heavy (non-hydrogen) atoms. The molecule has 4 aromatic carbocycles. The van der Waals surface area contributed by atoms with Gasteiger partial charge in [-0.05, 0) is 90.0 Å². The van der Waals surface area contributed by atoms with Crippen LogP contribution < -0.4 is 15.2 Å². The van der Waals surface area contributed by atoms with Gasteiger partial charge in [0.15, 0.2) is 5.75 Å². The minimum absolute atomic E-state index is 0.165. The highest BCUT2D eigenvalue weighted by atomic mass is 35.5. The summed E-state index contributed by atoms with van der Waals surface area (Å²) in [5.41, 5.74) is 13.8. The highest BCUT2D eigenvalue weighted by Crippen LogP contribution is 2.34. The van der Waals surface area contributed by atoms with Crippen LogP contribution in [0, 0.1) is 13.8 Å². The predicted molar refractivity (Wildman–Crippen MR) is 166 cm³/mol. The van der Waals surface area contributed by atoms with E-state index in [1.807, 2.05) is 55.5 Å². The highest BCUT2D eigenvalue weighted by Gasteiger charge is 2.16. The van der Waals surface area contributed by atoms with E-state index in [0.717, 1.165) is 34.4 Å². The molecule has 2 N–H and O–H groups in total. The molecular formula is C34H35Cl2NO4. The molecular weight excluding hydrogens is 557 g/mol. The average Bonchev–Trinajstić information content (AvgIpc) is 2.96. The fraction of sp³-hybridized carbons (Fsp3) is 0.265. The molecule has 0 aromatic heterocycles. The number of ether oxygens (including phenoxy) is 3. The number of carbonyl (C=O) groups excluding carboxylic acids is 1. The Morgan fingerprint density at radius 3 is 2.22 bits per heavy atom. The highest BCUT2D eigenvalue weighted by molar-refractivity contribution is 6.37. The van der Waals surface area contributed by atoms with Crippen LogP contribution in [0.4, 0.5) is 0 Å². The molecule has 0 radical (unpaired) electrons. The average molecular weight is 593 g/mol. The third-order valence-corrected chi connectivity index (χ3v) is 7.59. The largest absolute Gasteiger partial charge is 0.490 e. The van der Waals surface area contributed by atoms with Gasteiger partial charge in [0.1, 0.15) is 19.0 Å². The normalized spacial score (nSPS) is 11.7. The number of methoxy groups -OCH3 is 1. The second-order valence-corrected chi connectivity index (χ2v) is 10.8. The minimum atomic E-state index is -0.254. The molecule has 0 aliphatic heterocycles. The first-order valence-corrected chi connectivity index (χ1v) is 14.3. The molecule has 1 unspecified atom stereocenters. The quantitative estimate of drug-likeness (QED) is 0.135. The Morgan fingerprint density at radius 2 is 1.56 bits per heavy atom. The number of aryl methyl sites for hydroxylation is 2. The summed E-state index contributed by atoms with van der Waals surface area (Å²) in [5, 5.41) is 0.976. The molecule has 0 aliphatic carbocycles. The Kier molecular flexibility index (Phi) is 10.7. The number of esters is 1. The van der Waals surface area contributed by atoms with Crippen LogP contribution in [0.2, 0.25) is 10.0 Å². The standard InChI is InChI=1S/C34H35Cl2NO4/c1-22-16-31(35)34(32(36)17-22)41-15-14-40-28-11-8-24(9-12-28)19-27(21-37)29-13-10-26(18-23(29)2)30-7-5-4-6-25(30)20-33(38)39-3/h4-13,16-18,27H,14-15,19-21,37H2,1-3H3. The van der Waals surface area contributed by atoms with Crippen molar-refractivity contribution in [3.05, 3.63) is 117 Å². The third kappa shape index (κ3) is 8.04. The molecule has 5 nitrogen and oxygen atoms in total. The maximum atomic E-state index is 11.9. The van der Waals surface area contributed by atoms with E-state index in [2.05, 4.69) is 37.3 Å². The first-order valence-electron chi connectivity index (χ1n) is 13.5. The number of benzene rings is 4. The molecule has 7 heteroatoms. The summed E-state index contributed by atoms with van der Waals surface area (Å²) in [7, 11) is 1.41. The smallest absolute Gasteiger partial charge is 0.309 e. The summed E-state index contributed by atoms with van der Waals surface area (Å²) in [6.07, 6.45) is 1.05. The Balaban J connectivity index is 1.37. The minimum Gasteiger partial charge on any atom is -0.490 e. The van der Waals surface area contributed by atoms with Gasteiger partial charge in [0.25, 0.3) is 0 Å². The van der Waals surface area contributed by atoms with E-state index in [0.29, 0.717) is 35.6 Å². The van der Waals surface area contributed by atoms with Crippen molar-refractivity contribution in [2.24, 2.45) is 5.73 Å². The second-order valence-electron chi connectivity index (χ2n) is 10.0. The summed E-state index contributed by atoms with van der Waals surface area (Å²) in [6.45, 7) is 5.25. The summed E-state index contributed by atoms with van der Waals surface area (Å²) < 4.78 is 16.5. The fourth-order valence-electron chi connectivity index (χ4n) is 4.94. The third-order valence-electron chi connectivity index (χ3n) is 7.03. The van der Waals surface area contributed by atoms with E-state index in [1.54, 1.807) is 0 Å². The topological polar surface area (TPSA) is 70.8 Å². The van der Waals surface area contributed by atoms with Crippen molar-refractivity contribution in [1.29, 1.82) is 0 Å². The van der Waals surface area contributed by atoms with E-state index >= 15 is 0 Å². The van der Waals surface area contributed by atoms with Crippen LogP contribution in [-0.4, -0.2) is 32.8 Å². The zero-order valence-corrected chi connectivity index (χ0v) is 25.1. The number of halogens is 2. The van der Waals surface area contributed by atoms with Gasteiger partial charge in [-0.2, -0.15) is 0 Å². The van der Waals surface area contributed by atoms with Crippen molar-refractivity contribution in [1.82, 2.24) is 0 Å². The molecule has 0 heterocycles. The van der Waals surface area contributed by atoms with Crippen molar-refractivity contribution in [2.75, 3.05) is 26.9 Å². The maximum absolute atomic E-state index is 11.9. The molecule has 0 spiro atoms. The summed E-state index contributed by atoms with van der Waals surface area (Å²) in [5.74, 6) is 1.14. The Hall–Kier alpha value is -3.51. The van der Waals surface area contributed by atoms with E-state index < -0.39 is 0 Å².